The normalized spacial score (nSPS) is 14.8. The number of nitrogens with zero attached hydrogens (tertiary/aromatic N) is 2. The summed E-state index contributed by atoms with van der Waals surface area (Å²) in [5.41, 5.74) is 12.9. The van der Waals surface area contributed by atoms with E-state index in [1.54, 1.807) is 0 Å². The third-order valence-corrected chi connectivity index (χ3v) is 12.5. The van der Waals surface area contributed by atoms with Gasteiger partial charge in [0.15, 0.2) is 0 Å². The van der Waals surface area contributed by atoms with Crippen LogP contribution in [0, 0.1) is 0 Å². The number of hydrogen-bond acceptors (Lipinski definition) is 5. The third kappa shape index (κ3) is 5.34. The first-order valence-electron chi connectivity index (χ1n) is 20.8. The fraction of sp³-hybridized carbons (Fsp3) is 0.0357. The lowest BCUT2D eigenvalue weighted by Crippen LogP contribution is -2.29. The molecule has 1 aliphatic carbocycles. The number of benzene rings is 9. The van der Waals surface area contributed by atoms with Gasteiger partial charge in [-0.2, -0.15) is 0 Å². The molecule has 2 aliphatic heterocycles. The van der Waals surface area contributed by atoms with Gasteiger partial charge in [-0.25, -0.2) is 0 Å². The lowest BCUT2D eigenvalue weighted by Gasteiger charge is -2.37. The molecule has 3 aliphatic rings. The Morgan fingerprint density at radius 2 is 1.05 bits per heavy atom. The van der Waals surface area contributed by atoms with Gasteiger partial charge < -0.3 is 23.7 Å². The number of ether oxygens (including phenoxy) is 2. The van der Waals surface area contributed by atoms with Gasteiger partial charge in [-0.15, -0.1) is 0 Å². The van der Waals surface area contributed by atoms with Gasteiger partial charge in [0, 0.05) is 79.3 Å². The van der Waals surface area contributed by atoms with Crippen LogP contribution in [0.25, 0.3) is 60.2 Å². The molecule has 1 unspecified atom stereocenters. The van der Waals surface area contributed by atoms with Crippen molar-refractivity contribution in [1.29, 1.82) is 0 Å². The van der Waals surface area contributed by atoms with E-state index in [-0.39, 0.29) is 6.10 Å². The molecule has 0 radical (unpaired) electrons. The Labute approximate surface area is 352 Å². The van der Waals surface area contributed by atoms with Crippen molar-refractivity contribution in [2.24, 2.45) is 0 Å². The summed E-state index contributed by atoms with van der Waals surface area (Å²) in [5.74, 6) is 2.55. The molecule has 5 nitrogen and oxygen atoms in total. The molecule has 0 saturated carbocycles. The second-order valence-corrected chi connectivity index (χ2v) is 16.0. The SMILES string of the molecule is C1=C2c3ccc4c5c(ccc(c35)OC2CC(N(c2ccc3ccccc3c2)c2ccc3oc5ccccc5c3c2)=C1)-c1ccc(N(c2ccccc2)c2ccccc2)cc1O4. The maximum Gasteiger partial charge on any atom is 0.137 e. The number of furan rings is 1. The van der Waals surface area contributed by atoms with Gasteiger partial charge in [-0.1, -0.05) is 97.1 Å². The summed E-state index contributed by atoms with van der Waals surface area (Å²) in [5, 5.41) is 6.80. The van der Waals surface area contributed by atoms with Gasteiger partial charge in [0.05, 0.1) is 0 Å². The second kappa shape index (κ2) is 13.2. The molecule has 0 spiro atoms. The monoisotopic (exact) mass is 784 g/mol. The number of hydrogen-bond donors (Lipinski definition) is 0. The van der Waals surface area contributed by atoms with Gasteiger partial charge in [-0.05, 0) is 119 Å². The molecule has 9 aromatic carbocycles. The average molecular weight is 785 g/mol. The maximum atomic E-state index is 7.05. The Morgan fingerprint density at radius 3 is 1.90 bits per heavy atom. The van der Waals surface area contributed by atoms with Crippen molar-refractivity contribution in [2.75, 3.05) is 9.80 Å². The highest BCUT2D eigenvalue weighted by molar-refractivity contribution is 6.12. The highest BCUT2D eigenvalue weighted by Gasteiger charge is 2.35. The molecule has 0 N–H and O–H groups in total. The van der Waals surface area contributed by atoms with Crippen LogP contribution in [0.4, 0.5) is 28.4 Å². The van der Waals surface area contributed by atoms with Crippen molar-refractivity contribution >= 4 is 77.5 Å². The first-order chi connectivity index (χ1) is 30.2. The van der Waals surface area contributed by atoms with E-state index in [9.17, 15) is 0 Å². The maximum absolute atomic E-state index is 7.05. The standard InChI is InChI=1S/C56H36N2O3/c1-3-13-37(14-4-1)57(38-15-5-2-6-16-38)41-21-24-44-46-26-30-52-56-47(27-29-51(55(46)56)60-53(44)33-41)45-25-22-42(34-54(45)61-52)58(39-20-19-35-11-7-8-12-36(35)31-39)40-23-28-50-48(32-40)43-17-9-10-18-49(43)59-50/h1-33,54H,34H2. The number of para-hydroxylation sites is 3. The van der Waals surface area contributed by atoms with E-state index in [4.69, 9.17) is 13.9 Å². The quantitative estimate of drug-likeness (QED) is 0.168. The molecule has 288 valence electrons. The van der Waals surface area contributed by atoms with E-state index in [0.717, 1.165) is 95.2 Å². The summed E-state index contributed by atoms with van der Waals surface area (Å²) in [4.78, 5) is 4.65. The molecule has 10 aromatic rings. The number of fused-ring (bicyclic) bond motifs is 8. The summed E-state index contributed by atoms with van der Waals surface area (Å²) in [7, 11) is 0. The molecule has 13 rings (SSSR count). The van der Waals surface area contributed by atoms with Crippen molar-refractivity contribution in [1.82, 2.24) is 0 Å². The minimum Gasteiger partial charge on any atom is -0.485 e. The van der Waals surface area contributed by atoms with Crippen LogP contribution in [0.2, 0.25) is 0 Å². The van der Waals surface area contributed by atoms with Crippen molar-refractivity contribution in [3.63, 3.8) is 0 Å². The Bertz CT molecular complexity index is 3440. The van der Waals surface area contributed by atoms with E-state index in [1.807, 2.05) is 24.3 Å². The van der Waals surface area contributed by atoms with Crippen LogP contribution in [0.15, 0.2) is 210 Å². The van der Waals surface area contributed by atoms with Crippen LogP contribution in [-0.2, 0) is 0 Å². The van der Waals surface area contributed by atoms with E-state index < -0.39 is 0 Å². The second-order valence-electron chi connectivity index (χ2n) is 16.0. The largest absolute Gasteiger partial charge is 0.485 e. The number of anilines is 5. The van der Waals surface area contributed by atoms with Gasteiger partial charge >= 0.3 is 0 Å². The lowest BCUT2D eigenvalue weighted by molar-refractivity contribution is 0.256. The predicted octanol–water partition coefficient (Wildman–Crippen LogP) is 15.4. The predicted molar refractivity (Wildman–Crippen MR) is 249 cm³/mol. The molecule has 61 heavy (non-hydrogen) atoms. The fourth-order valence-corrected chi connectivity index (χ4v) is 9.76. The van der Waals surface area contributed by atoms with E-state index in [0.29, 0.717) is 6.42 Å². The van der Waals surface area contributed by atoms with Crippen molar-refractivity contribution in [3.05, 3.63) is 211 Å². The van der Waals surface area contributed by atoms with Crippen LogP contribution < -0.4 is 19.3 Å². The van der Waals surface area contributed by atoms with Crippen LogP contribution in [-0.4, -0.2) is 6.10 Å². The molecule has 0 bridgehead atoms. The zero-order valence-electron chi connectivity index (χ0n) is 33.0. The van der Waals surface area contributed by atoms with Gasteiger partial charge in [0.1, 0.15) is 34.5 Å². The molecule has 1 aromatic heterocycles. The average Bonchev–Trinajstić information content (AvgIpc) is 3.69. The van der Waals surface area contributed by atoms with Crippen LogP contribution >= 0.6 is 0 Å². The van der Waals surface area contributed by atoms with E-state index >= 15 is 0 Å². The Balaban J connectivity index is 0.913. The van der Waals surface area contributed by atoms with Crippen LogP contribution in [0.3, 0.4) is 0 Å². The molecule has 0 saturated heterocycles. The third-order valence-electron chi connectivity index (χ3n) is 12.5. The molecular weight excluding hydrogens is 749 g/mol. The Kier molecular flexibility index (Phi) is 7.36. The number of allylic oxidation sites excluding steroid dienone is 2. The lowest BCUT2D eigenvalue weighted by atomic mass is 9.84. The zero-order chi connectivity index (χ0) is 40.0. The highest BCUT2D eigenvalue weighted by Crippen LogP contribution is 2.55. The summed E-state index contributed by atoms with van der Waals surface area (Å²) in [6.07, 6.45) is 5.06. The molecule has 1 atom stereocenters. The molecule has 0 amide bonds. The van der Waals surface area contributed by atoms with Crippen LogP contribution in [0.5, 0.6) is 17.2 Å². The summed E-state index contributed by atoms with van der Waals surface area (Å²) in [6.45, 7) is 0. The summed E-state index contributed by atoms with van der Waals surface area (Å²) < 4.78 is 20.1. The highest BCUT2D eigenvalue weighted by atomic mass is 16.5. The summed E-state index contributed by atoms with van der Waals surface area (Å²) >= 11 is 0. The minimum absolute atomic E-state index is 0.172. The van der Waals surface area contributed by atoms with Gasteiger partial charge in [-0.3, -0.25) is 0 Å². The summed E-state index contributed by atoms with van der Waals surface area (Å²) in [6, 6.07) is 66.3. The van der Waals surface area contributed by atoms with E-state index in [2.05, 4.69) is 186 Å². The zero-order valence-corrected chi connectivity index (χ0v) is 33.0. The fourth-order valence-electron chi connectivity index (χ4n) is 9.76. The first kappa shape index (κ1) is 33.9. The minimum atomic E-state index is -0.172. The van der Waals surface area contributed by atoms with Crippen molar-refractivity contribution in [2.45, 2.75) is 12.5 Å². The van der Waals surface area contributed by atoms with Crippen molar-refractivity contribution < 1.29 is 13.9 Å². The molecule has 0 fully saturated rings. The van der Waals surface area contributed by atoms with Gasteiger partial charge in [0.2, 0.25) is 0 Å². The smallest absolute Gasteiger partial charge is 0.137 e. The molecule has 5 heteroatoms. The molecular formula is C56H36N2O3. The topological polar surface area (TPSA) is 38.1 Å². The first-order valence-corrected chi connectivity index (χ1v) is 20.8. The molecule has 3 heterocycles. The van der Waals surface area contributed by atoms with Crippen LogP contribution in [0.1, 0.15) is 12.0 Å². The van der Waals surface area contributed by atoms with Gasteiger partial charge in [0.25, 0.3) is 0 Å². The Hall–Kier alpha value is -8.02. The number of rotatable bonds is 6. The van der Waals surface area contributed by atoms with Crippen molar-refractivity contribution in [3.8, 4) is 28.4 Å². The Morgan fingerprint density at radius 1 is 0.410 bits per heavy atom. The van der Waals surface area contributed by atoms with E-state index in [1.165, 1.54) is 21.9 Å².